The van der Waals surface area contributed by atoms with Gasteiger partial charge in [0, 0.05) is 11.6 Å². The van der Waals surface area contributed by atoms with Gasteiger partial charge in [0.1, 0.15) is 0 Å². The number of nitrogens with one attached hydrogen (secondary N) is 2. The van der Waals surface area contributed by atoms with E-state index in [-0.39, 0.29) is 11.9 Å². The first-order valence-corrected chi connectivity index (χ1v) is 7.70. The van der Waals surface area contributed by atoms with Crippen LogP contribution in [0.2, 0.25) is 0 Å². The number of quaternary nitrogens is 1. The molecule has 1 saturated heterocycles. The summed E-state index contributed by atoms with van der Waals surface area (Å²) in [6.07, 6.45) is 2.53. The number of anilines is 1. The quantitative estimate of drug-likeness (QED) is 0.868. The molecule has 0 aromatic heterocycles. The zero-order valence-corrected chi connectivity index (χ0v) is 13.1. The van der Waals surface area contributed by atoms with Crippen molar-refractivity contribution < 1.29 is 9.69 Å². The predicted molar refractivity (Wildman–Crippen MR) is 83.1 cm³/mol. The van der Waals surface area contributed by atoms with Crippen LogP contribution in [0.4, 0.5) is 5.69 Å². The lowest BCUT2D eigenvalue weighted by Crippen LogP contribution is -3.17. The monoisotopic (exact) mass is 275 g/mol. The maximum atomic E-state index is 12.4. The van der Waals surface area contributed by atoms with Crippen LogP contribution in [0.15, 0.2) is 18.2 Å². The third kappa shape index (κ3) is 3.60. The van der Waals surface area contributed by atoms with Gasteiger partial charge >= 0.3 is 0 Å². The first kappa shape index (κ1) is 15.0. The number of amides is 1. The summed E-state index contributed by atoms with van der Waals surface area (Å²) >= 11 is 0. The van der Waals surface area contributed by atoms with E-state index < -0.39 is 0 Å². The molecule has 1 aromatic rings. The molecule has 1 unspecified atom stereocenters. The summed E-state index contributed by atoms with van der Waals surface area (Å²) in [5, 5.41) is 3.09. The minimum absolute atomic E-state index is 0.0263. The third-order valence-electron chi connectivity index (χ3n) is 4.45. The Hall–Kier alpha value is -1.35. The van der Waals surface area contributed by atoms with Crippen LogP contribution in [0, 0.1) is 19.8 Å². The average molecular weight is 275 g/mol. The molecule has 3 heteroatoms. The fourth-order valence-corrected chi connectivity index (χ4v) is 3.10. The van der Waals surface area contributed by atoms with Crippen LogP contribution < -0.4 is 10.2 Å². The number of piperidine rings is 1. The summed E-state index contributed by atoms with van der Waals surface area (Å²) in [5.41, 5.74) is 3.30. The normalized spacial score (nSPS) is 24.2. The van der Waals surface area contributed by atoms with E-state index >= 15 is 0 Å². The highest BCUT2D eigenvalue weighted by molar-refractivity contribution is 5.94. The molecule has 0 radical (unpaired) electrons. The molecule has 0 aliphatic carbocycles. The molecule has 0 saturated carbocycles. The molecule has 0 spiro atoms. The van der Waals surface area contributed by atoms with Crippen LogP contribution in [-0.4, -0.2) is 25.0 Å². The molecule has 1 heterocycles. The van der Waals surface area contributed by atoms with Crippen LogP contribution in [0.5, 0.6) is 0 Å². The molecule has 110 valence electrons. The first-order chi connectivity index (χ1) is 9.47. The van der Waals surface area contributed by atoms with E-state index in [0.717, 1.165) is 30.3 Å². The number of hydrogen-bond acceptors (Lipinski definition) is 1. The van der Waals surface area contributed by atoms with E-state index in [1.807, 2.05) is 26.0 Å². The summed E-state index contributed by atoms with van der Waals surface area (Å²) in [6.45, 7) is 10.7. The molecular formula is C17H27N2O+. The van der Waals surface area contributed by atoms with Gasteiger partial charge in [0.05, 0.1) is 13.1 Å². The molecule has 2 N–H and O–H groups in total. The Morgan fingerprint density at radius 2 is 2.15 bits per heavy atom. The Kier molecular flexibility index (Phi) is 4.81. The van der Waals surface area contributed by atoms with E-state index in [2.05, 4.69) is 25.2 Å². The van der Waals surface area contributed by atoms with Gasteiger partial charge in [0.25, 0.3) is 5.91 Å². The van der Waals surface area contributed by atoms with Gasteiger partial charge in [-0.05, 0) is 45.2 Å². The number of rotatable bonds is 3. The molecule has 3 nitrogen and oxygen atoms in total. The van der Waals surface area contributed by atoms with Crippen molar-refractivity contribution in [3.8, 4) is 0 Å². The SMILES string of the molecule is Cc1ccc(NC(=O)[C@@H](C)[NH+]2CCC[C@H](C)C2)c(C)c1. The number of carbonyl (C=O) groups is 1. The minimum atomic E-state index is 0.0263. The van der Waals surface area contributed by atoms with Crippen LogP contribution in [0.25, 0.3) is 0 Å². The molecule has 20 heavy (non-hydrogen) atoms. The number of benzene rings is 1. The molecule has 3 atom stereocenters. The summed E-state index contributed by atoms with van der Waals surface area (Å²) < 4.78 is 0. The van der Waals surface area contributed by atoms with Gasteiger partial charge in [-0.15, -0.1) is 0 Å². The minimum Gasteiger partial charge on any atom is -0.325 e. The van der Waals surface area contributed by atoms with Crippen molar-refractivity contribution in [3.63, 3.8) is 0 Å². The van der Waals surface area contributed by atoms with E-state index in [0.29, 0.717) is 0 Å². The van der Waals surface area contributed by atoms with Crippen molar-refractivity contribution in [2.45, 2.75) is 46.6 Å². The van der Waals surface area contributed by atoms with Gasteiger partial charge in [-0.25, -0.2) is 0 Å². The fraction of sp³-hybridized carbons (Fsp3) is 0.588. The van der Waals surface area contributed by atoms with Crippen molar-refractivity contribution in [1.82, 2.24) is 0 Å². The second kappa shape index (κ2) is 6.40. The van der Waals surface area contributed by atoms with E-state index in [9.17, 15) is 4.79 Å². The molecule has 1 aromatic carbocycles. The van der Waals surface area contributed by atoms with Crippen molar-refractivity contribution in [2.75, 3.05) is 18.4 Å². The van der Waals surface area contributed by atoms with Gasteiger partial charge in [-0.1, -0.05) is 24.6 Å². The summed E-state index contributed by atoms with van der Waals surface area (Å²) in [7, 11) is 0. The number of carbonyl (C=O) groups excluding carboxylic acids is 1. The first-order valence-electron chi connectivity index (χ1n) is 7.70. The van der Waals surface area contributed by atoms with E-state index in [1.165, 1.54) is 23.3 Å². The Labute approximate surface area is 122 Å². The molecular weight excluding hydrogens is 248 g/mol. The molecule has 1 amide bonds. The lowest BCUT2D eigenvalue weighted by molar-refractivity contribution is -0.922. The van der Waals surface area contributed by atoms with Crippen molar-refractivity contribution in [3.05, 3.63) is 29.3 Å². The maximum absolute atomic E-state index is 12.4. The zero-order chi connectivity index (χ0) is 14.7. The van der Waals surface area contributed by atoms with Gasteiger partial charge in [-0.3, -0.25) is 4.79 Å². The molecule has 1 aliphatic rings. The average Bonchev–Trinajstić information content (AvgIpc) is 2.41. The molecule has 1 aliphatic heterocycles. The second-order valence-corrected chi connectivity index (χ2v) is 6.39. The summed E-state index contributed by atoms with van der Waals surface area (Å²) in [4.78, 5) is 13.8. The molecule has 1 fully saturated rings. The second-order valence-electron chi connectivity index (χ2n) is 6.39. The van der Waals surface area contributed by atoms with Gasteiger partial charge in [-0.2, -0.15) is 0 Å². The van der Waals surface area contributed by atoms with E-state index in [1.54, 1.807) is 0 Å². The highest BCUT2D eigenvalue weighted by atomic mass is 16.2. The maximum Gasteiger partial charge on any atom is 0.282 e. The number of likely N-dealkylation sites (tertiary alicyclic amines) is 1. The highest BCUT2D eigenvalue weighted by Crippen LogP contribution is 2.16. The number of hydrogen-bond donors (Lipinski definition) is 2. The Morgan fingerprint density at radius 1 is 1.40 bits per heavy atom. The smallest absolute Gasteiger partial charge is 0.282 e. The Bertz CT molecular complexity index is 484. The van der Waals surface area contributed by atoms with Crippen LogP contribution in [0.3, 0.4) is 0 Å². The number of aryl methyl sites for hydroxylation is 2. The van der Waals surface area contributed by atoms with E-state index in [4.69, 9.17) is 0 Å². The molecule has 2 rings (SSSR count). The summed E-state index contributed by atoms with van der Waals surface area (Å²) in [6, 6.07) is 6.18. The lowest BCUT2D eigenvalue weighted by atomic mass is 9.99. The van der Waals surface area contributed by atoms with Gasteiger partial charge in [0.2, 0.25) is 0 Å². The van der Waals surface area contributed by atoms with Crippen molar-refractivity contribution >= 4 is 11.6 Å². The predicted octanol–water partition coefficient (Wildman–Crippen LogP) is 1.95. The van der Waals surface area contributed by atoms with Crippen molar-refractivity contribution in [1.29, 1.82) is 0 Å². The zero-order valence-electron chi connectivity index (χ0n) is 13.1. The standard InChI is InChI=1S/C17H26N2O/c1-12-7-8-16(14(3)10-12)18-17(20)15(4)19-9-5-6-13(2)11-19/h7-8,10,13,15H,5-6,9,11H2,1-4H3,(H,18,20)/p+1/t13-,15+/m0/s1. The van der Waals surface area contributed by atoms with Gasteiger partial charge in [0.15, 0.2) is 6.04 Å². The lowest BCUT2D eigenvalue weighted by Gasteiger charge is -2.31. The van der Waals surface area contributed by atoms with Crippen LogP contribution in [0.1, 0.15) is 37.8 Å². The van der Waals surface area contributed by atoms with Crippen molar-refractivity contribution in [2.24, 2.45) is 5.92 Å². The largest absolute Gasteiger partial charge is 0.325 e. The van der Waals surface area contributed by atoms with Gasteiger partial charge < -0.3 is 10.2 Å². The highest BCUT2D eigenvalue weighted by Gasteiger charge is 2.29. The molecule has 0 bridgehead atoms. The third-order valence-corrected chi connectivity index (χ3v) is 4.45. The van der Waals surface area contributed by atoms with Crippen LogP contribution in [-0.2, 0) is 4.79 Å². The fourth-order valence-electron chi connectivity index (χ4n) is 3.10. The van der Waals surface area contributed by atoms with Crippen LogP contribution >= 0.6 is 0 Å². The Balaban J connectivity index is 2.00. The topological polar surface area (TPSA) is 33.5 Å². The Morgan fingerprint density at radius 3 is 2.80 bits per heavy atom. The summed E-state index contributed by atoms with van der Waals surface area (Å²) in [5.74, 6) is 0.871.